The standard InChI is InChI=1S/C12H16BrF2N3O2S/c13-9-5-11(15)12(6-10(9)14)17-21(19,20)18-4-2-1-3-8(18)7-16/h5-6,8,17H,1-4,7,16H2. The number of piperidine rings is 1. The van der Waals surface area contributed by atoms with E-state index < -0.39 is 27.5 Å². The van der Waals surface area contributed by atoms with Gasteiger partial charge in [0.2, 0.25) is 0 Å². The highest BCUT2D eigenvalue weighted by molar-refractivity contribution is 9.10. The molecule has 1 aliphatic rings. The summed E-state index contributed by atoms with van der Waals surface area (Å²) in [5.41, 5.74) is 5.16. The molecule has 0 amide bonds. The Labute approximate surface area is 130 Å². The largest absolute Gasteiger partial charge is 0.329 e. The lowest BCUT2D eigenvalue weighted by Crippen LogP contribution is -2.49. The second-order valence-corrected chi connectivity index (χ2v) is 7.33. The molecule has 3 N–H and O–H groups in total. The van der Waals surface area contributed by atoms with E-state index in [-0.39, 0.29) is 17.1 Å². The van der Waals surface area contributed by atoms with E-state index in [0.717, 1.165) is 18.6 Å². The van der Waals surface area contributed by atoms with Gasteiger partial charge in [0.15, 0.2) is 0 Å². The van der Waals surface area contributed by atoms with Gasteiger partial charge >= 0.3 is 10.2 Å². The van der Waals surface area contributed by atoms with E-state index in [1.165, 1.54) is 4.31 Å². The number of nitrogens with two attached hydrogens (primary N) is 1. The van der Waals surface area contributed by atoms with Crippen LogP contribution in [0.5, 0.6) is 0 Å². The molecule has 21 heavy (non-hydrogen) atoms. The zero-order valence-corrected chi connectivity index (χ0v) is 13.6. The molecule has 1 unspecified atom stereocenters. The molecule has 9 heteroatoms. The van der Waals surface area contributed by atoms with Crippen molar-refractivity contribution in [2.24, 2.45) is 5.73 Å². The van der Waals surface area contributed by atoms with Gasteiger partial charge in [-0.3, -0.25) is 4.72 Å². The molecule has 0 radical (unpaired) electrons. The number of rotatable bonds is 4. The van der Waals surface area contributed by atoms with Crippen LogP contribution in [0.1, 0.15) is 19.3 Å². The van der Waals surface area contributed by atoms with Crippen molar-refractivity contribution in [2.75, 3.05) is 17.8 Å². The van der Waals surface area contributed by atoms with Crippen LogP contribution in [0.15, 0.2) is 16.6 Å². The molecule has 1 aromatic rings. The molecule has 0 bridgehead atoms. The molecule has 118 valence electrons. The van der Waals surface area contributed by atoms with Crippen LogP contribution in [-0.4, -0.2) is 31.9 Å². The van der Waals surface area contributed by atoms with Gasteiger partial charge in [-0.2, -0.15) is 12.7 Å². The van der Waals surface area contributed by atoms with Crippen LogP contribution in [0.4, 0.5) is 14.5 Å². The average Bonchev–Trinajstić information content (AvgIpc) is 2.44. The van der Waals surface area contributed by atoms with Crippen molar-refractivity contribution in [3.05, 3.63) is 28.2 Å². The van der Waals surface area contributed by atoms with Crippen molar-refractivity contribution in [3.8, 4) is 0 Å². The van der Waals surface area contributed by atoms with E-state index in [1.54, 1.807) is 0 Å². The number of benzene rings is 1. The Hall–Kier alpha value is -0.770. The highest BCUT2D eigenvalue weighted by atomic mass is 79.9. The molecule has 1 saturated heterocycles. The maximum absolute atomic E-state index is 13.7. The molecule has 0 saturated carbocycles. The SMILES string of the molecule is NCC1CCCCN1S(=O)(=O)Nc1cc(F)c(Br)cc1F. The number of anilines is 1. The summed E-state index contributed by atoms with van der Waals surface area (Å²) in [7, 11) is -3.97. The summed E-state index contributed by atoms with van der Waals surface area (Å²) in [6.45, 7) is 0.510. The van der Waals surface area contributed by atoms with Crippen molar-refractivity contribution in [1.82, 2.24) is 4.31 Å². The lowest BCUT2D eigenvalue weighted by molar-refractivity contribution is 0.259. The maximum Gasteiger partial charge on any atom is 0.302 e. The topological polar surface area (TPSA) is 75.4 Å². The van der Waals surface area contributed by atoms with Gasteiger partial charge in [-0.1, -0.05) is 6.42 Å². The Morgan fingerprint density at radius 2 is 2.05 bits per heavy atom. The van der Waals surface area contributed by atoms with Gasteiger partial charge in [0, 0.05) is 25.2 Å². The minimum atomic E-state index is -3.97. The molecule has 0 aromatic heterocycles. The van der Waals surface area contributed by atoms with Gasteiger partial charge < -0.3 is 5.73 Å². The molecule has 1 aromatic carbocycles. The molecule has 2 rings (SSSR count). The quantitative estimate of drug-likeness (QED) is 0.782. The van der Waals surface area contributed by atoms with Gasteiger partial charge in [-0.25, -0.2) is 8.78 Å². The minimum Gasteiger partial charge on any atom is -0.329 e. The van der Waals surface area contributed by atoms with Crippen LogP contribution in [0, 0.1) is 11.6 Å². The summed E-state index contributed by atoms with van der Waals surface area (Å²) >= 11 is 2.84. The summed E-state index contributed by atoms with van der Waals surface area (Å²) in [6.07, 6.45) is 2.28. The molecule has 1 aliphatic heterocycles. The molecule has 1 heterocycles. The Bertz CT molecular complexity index is 627. The van der Waals surface area contributed by atoms with Crippen molar-refractivity contribution in [3.63, 3.8) is 0 Å². The smallest absolute Gasteiger partial charge is 0.302 e. The monoisotopic (exact) mass is 383 g/mol. The van der Waals surface area contributed by atoms with Crippen LogP contribution in [0.3, 0.4) is 0 Å². The van der Waals surface area contributed by atoms with E-state index in [4.69, 9.17) is 5.73 Å². The summed E-state index contributed by atoms with van der Waals surface area (Å²) in [6, 6.07) is 1.36. The average molecular weight is 384 g/mol. The number of nitrogens with one attached hydrogen (secondary N) is 1. The predicted octanol–water partition coefficient (Wildman–Crippen LogP) is 2.20. The zero-order valence-electron chi connectivity index (χ0n) is 11.2. The molecular formula is C12H16BrF2N3O2S. The normalized spacial score (nSPS) is 20.5. The Morgan fingerprint density at radius 1 is 1.33 bits per heavy atom. The zero-order chi connectivity index (χ0) is 15.6. The third-order valence-corrected chi connectivity index (χ3v) is 5.59. The first-order chi connectivity index (χ1) is 9.85. The van der Waals surface area contributed by atoms with Crippen molar-refractivity contribution < 1.29 is 17.2 Å². The van der Waals surface area contributed by atoms with Crippen molar-refractivity contribution in [2.45, 2.75) is 25.3 Å². The van der Waals surface area contributed by atoms with Crippen LogP contribution in [-0.2, 0) is 10.2 Å². The molecule has 0 spiro atoms. The second-order valence-electron chi connectivity index (χ2n) is 4.85. The van der Waals surface area contributed by atoms with E-state index in [9.17, 15) is 17.2 Å². The fourth-order valence-corrected chi connectivity index (χ4v) is 4.14. The maximum atomic E-state index is 13.7. The van der Waals surface area contributed by atoms with Crippen LogP contribution in [0.25, 0.3) is 0 Å². The lowest BCUT2D eigenvalue weighted by atomic mass is 10.1. The molecule has 1 atom stereocenters. The molecule has 1 fully saturated rings. The molecule has 5 nitrogen and oxygen atoms in total. The highest BCUT2D eigenvalue weighted by Crippen LogP contribution is 2.26. The summed E-state index contributed by atoms with van der Waals surface area (Å²) in [5, 5.41) is 0. The van der Waals surface area contributed by atoms with Crippen LogP contribution < -0.4 is 10.5 Å². The van der Waals surface area contributed by atoms with Gasteiger partial charge in [0.25, 0.3) is 0 Å². The Morgan fingerprint density at radius 3 is 2.71 bits per heavy atom. The summed E-state index contributed by atoms with van der Waals surface area (Å²) in [5.74, 6) is -1.60. The number of hydrogen-bond donors (Lipinski definition) is 2. The first-order valence-corrected chi connectivity index (χ1v) is 8.72. The predicted molar refractivity (Wildman–Crippen MR) is 80.0 cm³/mol. The van der Waals surface area contributed by atoms with Crippen LogP contribution >= 0.6 is 15.9 Å². The second kappa shape index (κ2) is 6.55. The fraction of sp³-hybridized carbons (Fsp3) is 0.500. The Balaban J connectivity index is 2.26. The first-order valence-electron chi connectivity index (χ1n) is 6.49. The van der Waals surface area contributed by atoms with Gasteiger partial charge in [0.05, 0.1) is 10.2 Å². The highest BCUT2D eigenvalue weighted by Gasteiger charge is 2.32. The number of nitrogens with zero attached hydrogens (tertiary/aromatic N) is 1. The van der Waals surface area contributed by atoms with E-state index >= 15 is 0 Å². The van der Waals surface area contributed by atoms with Gasteiger partial charge in [0.1, 0.15) is 11.6 Å². The van der Waals surface area contributed by atoms with E-state index in [1.807, 2.05) is 0 Å². The Kier molecular flexibility index (Phi) is 5.18. The molecule has 0 aliphatic carbocycles. The van der Waals surface area contributed by atoms with E-state index in [2.05, 4.69) is 20.7 Å². The van der Waals surface area contributed by atoms with Gasteiger partial charge in [-0.15, -0.1) is 0 Å². The third kappa shape index (κ3) is 3.71. The number of hydrogen-bond acceptors (Lipinski definition) is 3. The van der Waals surface area contributed by atoms with Gasteiger partial charge in [-0.05, 0) is 34.8 Å². The summed E-state index contributed by atoms with van der Waals surface area (Å²) in [4.78, 5) is 0. The molecular weight excluding hydrogens is 368 g/mol. The van der Waals surface area contributed by atoms with E-state index in [0.29, 0.717) is 19.4 Å². The summed E-state index contributed by atoms with van der Waals surface area (Å²) < 4.78 is 55.1. The third-order valence-electron chi connectivity index (χ3n) is 3.40. The van der Waals surface area contributed by atoms with Crippen molar-refractivity contribution >= 4 is 31.8 Å². The van der Waals surface area contributed by atoms with Crippen molar-refractivity contribution in [1.29, 1.82) is 0 Å². The number of halogens is 3. The van der Waals surface area contributed by atoms with Crippen LogP contribution in [0.2, 0.25) is 0 Å². The fourth-order valence-electron chi connectivity index (χ4n) is 2.32. The minimum absolute atomic E-state index is 0.0687. The lowest BCUT2D eigenvalue weighted by Gasteiger charge is -2.33. The first kappa shape index (κ1) is 16.6.